The fourth-order valence-corrected chi connectivity index (χ4v) is 5.16. The Balaban J connectivity index is 1.89. The van der Waals surface area contributed by atoms with E-state index in [1.54, 1.807) is 24.3 Å². The van der Waals surface area contributed by atoms with Gasteiger partial charge in [-0.1, -0.05) is 74.2 Å². The van der Waals surface area contributed by atoms with E-state index in [0.29, 0.717) is 16.6 Å². The summed E-state index contributed by atoms with van der Waals surface area (Å²) in [4.78, 5) is 13.5. The van der Waals surface area contributed by atoms with E-state index >= 15 is 0 Å². The van der Waals surface area contributed by atoms with Crippen LogP contribution in [0.25, 0.3) is 17.2 Å². The maximum absolute atomic E-state index is 14.0. The molecule has 1 aliphatic heterocycles. The van der Waals surface area contributed by atoms with E-state index in [-0.39, 0.29) is 13.2 Å². The second-order valence-corrected chi connectivity index (χ2v) is 16.1. The van der Waals surface area contributed by atoms with Crippen LogP contribution in [0.1, 0.15) is 17.5 Å². The van der Waals surface area contributed by atoms with Crippen molar-refractivity contribution in [2.24, 2.45) is 0 Å². The summed E-state index contributed by atoms with van der Waals surface area (Å²) < 4.78 is 52.8. The number of carbonyl (C=O) groups excluding carboxylic acids is 1. The number of benzene rings is 2. The fourth-order valence-electron chi connectivity index (χ4n) is 4.27. The molecule has 2 aromatic carbocycles. The van der Waals surface area contributed by atoms with Crippen molar-refractivity contribution in [3.8, 4) is 11.1 Å². The molecule has 190 valence electrons. The Morgan fingerprint density at radius 2 is 1.89 bits per heavy atom. The van der Waals surface area contributed by atoms with Gasteiger partial charge in [0.15, 0.2) is 0 Å². The molecule has 0 unspecified atom stereocenters. The third-order valence-electron chi connectivity index (χ3n) is 6.36. The summed E-state index contributed by atoms with van der Waals surface area (Å²) in [5.41, 5.74) is 1.82. The van der Waals surface area contributed by atoms with E-state index in [2.05, 4.69) is 26.2 Å². The molecule has 0 aromatic heterocycles. The zero-order valence-electron chi connectivity index (χ0n) is 20.4. The van der Waals surface area contributed by atoms with Crippen LogP contribution in [0.3, 0.4) is 0 Å². The molecule has 1 aliphatic rings. The summed E-state index contributed by atoms with van der Waals surface area (Å²) in [5, 5.41) is 0.565. The summed E-state index contributed by atoms with van der Waals surface area (Å²) in [5.74, 6) is 0. The molecule has 3 rings (SSSR count). The zero-order valence-corrected chi connectivity index (χ0v) is 22.2. The Labute approximate surface area is 210 Å². The number of likely N-dealkylation sites (tertiary alicyclic amines) is 1. The highest BCUT2D eigenvalue weighted by atomic mass is 35.5. The highest BCUT2D eigenvalue weighted by Gasteiger charge is 2.58. The molecular formula is C26H31ClF3NO3Si. The lowest BCUT2D eigenvalue weighted by Gasteiger charge is -2.28. The van der Waals surface area contributed by atoms with Gasteiger partial charge in [-0.25, -0.2) is 4.79 Å². The van der Waals surface area contributed by atoms with Crippen molar-refractivity contribution in [2.75, 3.05) is 20.3 Å². The second kappa shape index (κ2) is 10.4. The van der Waals surface area contributed by atoms with E-state index in [4.69, 9.17) is 21.1 Å². The number of ether oxygens (including phenoxy) is 2. The van der Waals surface area contributed by atoms with E-state index in [0.717, 1.165) is 21.6 Å². The number of alkyl halides is 3. The lowest BCUT2D eigenvalue weighted by Crippen LogP contribution is -2.45. The second-order valence-electron chi connectivity index (χ2n) is 10.0. The molecule has 1 amide bonds. The van der Waals surface area contributed by atoms with Crippen LogP contribution in [0.2, 0.25) is 30.7 Å². The number of amides is 1. The van der Waals surface area contributed by atoms with Crippen molar-refractivity contribution >= 4 is 31.8 Å². The summed E-state index contributed by atoms with van der Waals surface area (Å²) in [7, 11) is -0.137. The number of hydrogen-bond donors (Lipinski definition) is 0. The molecule has 4 nitrogen and oxygen atoms in total. The predicted molar refractivity (Wildman–Crippen MR) is 136 cm³/mol. The SMILES string of the molecule is C=Cc1ccc(Cl)cc1-c1ccc([C@]2(OC)C[C@@H](C(F)(F)F)N(C(=O)OCC[Si](C)(C)C)C2)cc1. The minimum atomic E-state index is -4.61. The lowest BCUT2D eigenvalue weighted by atomic mass is 9.89. The number of rotatable bonds is 7. The summed E-state index contributed by atoms with van der Waals surface area (Å²) >= 11 is 6.16. The normalized spacial score (nSPS) is 20.7. The van der Waals surface area contributed by atoms with Gasteiger partial charge < -0.3 is 9.47 Å². The zero-order chi connectivity index (χ0) is 26.0. The molecule has 0 N–H and O–H groups in total. The van der Waals surface area contributed by atoms with Crippen LogP contribution in [0.4, 0.5) is 18.0 Å². The van der Waals surface area contributed by atoms with Gasteiger partial charge in [0.05, 0.1) is 13.2 Å². The largest absolute Gasteiger partial charge is 0.450 e. The molecule has 0 bridgehead atoms. The van der Waals surface area contributed by atoms with Gasteiger partial charge in [-0.05, 0) is 40.4 Å². The van der Waals surface area contributed by atoms with Crippen LogP contribution >= 0.6 is 11.6 Å². The quantitative estimate of drug-likeness (QED) is 0.349. The van der Waals surface area contributed by atoms with Crippen LogP contribution in [-0.2, 0) is 15.1 Å². The number of halogens is 4. The highest BCUT2D eigenvalue weighted by Crippen LogP contribution is 2.45. The van der Waals surface area contributed by atoms with Gasteiger partial charge in [-0.2, -0.15) is 13.2 Å². The smallest absolute Gasteiger partial charge is 0.410 e. The third-order valence-corrected chi connectivity index (χ3v) is 8.30. The van der Waals surface area contributed by atoms with Gasteiger partial charge in [-0.3, -0.25) is 4.90 Å². The van der Waals surface area contributed by atoms with Gasteiger partial charge in [0, 0.05) is 26.6 Å². The number of carbonyl (C=O) groups is 1. The molecule has 0 saturated carbocycles. The first-order valence-corrected chi connectivity index (χ1v) is 15.5. The molecule has 1 heterocycles. The summed E-state index contributed by atoms with van der Waals surface area (Å²) in [6, 6.07) is 11.2. The Morgan fingerprint density at radius 1 is 1.23 bits per heavy atom. The highest BCUT2D eigenvalue weighted by molar-refractivity contribution is 6.76. The predicted octanol–water partition coefficient (Wildman–Crippen LogP) is 7.60. The van der Waals surface area contributed by atoms with Crippen LogP contribution < -0.4 is 0 Å². The Hall–Kier alpha value is -2.29. The first-order chi connectivity index (χ1) is 16.3. The topological polar surface area (TPSA) is 38.8 Å². The van der Waals surface area contributed by atoms with E-state index in [9.17, 15) is 18.0 Å². The van der Waals surface area contributed by atoms with E-state index in [1.807, 2.05) is 24.3 Å². The average molecular weight is 526 g/mol. The fraction of sp³-hybridized carbons (Fsp3) is 0.423. The van der Waals surface area contributed by atoms with Gasteiger partial charge in [-0.15, -0.1) is 0 Å². The van der Waals surface area contributed by atoms with Crippen LogP contribution in [0.15, 0.2) is 49.0 Å². The lowest BCUT2D eigenvalue weighted by molar-refractivity contribution is -0.173. The van der Waals surface area contributed by atoms with E-state index < -0.39 is 38.4 Å². The first-order valence-electron chi connectivity index (χ1n) is 11.4. The van der Waals surface area contributed by atoms with Gasteiger partial charge in [0.25, 0.3) is 0 Å². The van der Waals surface area contributed by atoms with Crippen molar-refractivity contribution in [1.29, 1.82) is 0 Å². The molecule has 1 saturated heterocycles. The molecule has 0 radical (unpaired) electrons. The average Bonchev–Trinajstić information content (AvgIpc) is 3.20. The number of methoxy groups -OCH3 is 1. The molecule has 0 aliphatic carbocycles. The Morgan fingerprint density at radius 3 is 2.43 bits per heavy atom. The Bertz CT molecular complexity index is 1070. The minimum Gasteiger partial charge on any atom is -0.450 e. The maximum Gasteiger partial charge on any atom is 0.410 e. The van der Waals surface area contributed by atoms with Gasteiger partial charge >= 0.3 is 12.3 Å². The van der Waals surface area contributed by atoms with Gasteiger partial charge in [0.1, 0.15) is 11.6 Å². The number of nitrogens with zero attached hydrogens (tertiary/aromatic N) is 1. The molecule has 9 heteroatoms. The molecule has 35 heavy (non-hydrogen) atoms. The van der Waals surface area contributed by atoms with Crippen molar-refractivity contribution in [2.45, 2.75) is 49.9 Å². The number of hydrogen-bond acceptors (Lipinski definition) is 3. The maximum atomic E-state index is 14.0. The van der Waals surface area contributed by atoms with Crippen molar-refractivity contribution in [3.05, 3.63) is 65.2 Å². The van der Waals surface area contributed by atoms with Crippen LogP contribution in [0, 0.1) is 0 Å². The molecular weight excluding hydrogens is 495 g/mol. The van der Waals surface area contributed by atoms with Crippen molar-refractivity contribution in [1.82, 2.24) is 4.90 Å². The molecule has 2 atom stereocenters. The third kappa shape index (κ3) is 6.29. The standard InChI is InChI=1S/C26H31ClF3NO3Si/c1-6-18-9-12-21(27)15-22(18)19-7-10-20(11-8-19)25(33-2)16-23(26(28,29)30)31(17-25)24(32)34-13-14-35(3,4)5/h6-12,15,23H,1,13-14,16-17H2,2-5H3/t23-,25-/m0/s1. The van der Waals surface area contributed by atoms with Crippen LogP contribution in [-0.4, -0.2) is 51.5 Å². The monoisotopic (exact) mass is 525 g/mol. The Kier molecular flexibility index (Phi) is 8.08. The molecule has 1 fully saturated rings. The first kappa shape index (κ1) is 27.3. The van der Waals surface area contributed by atoms with Gasteiger partial charge in [0.2, 0.25) is 0 Å². The van der Waals surface area contributed by atoms with Crippen molar-refractivity contribution < 1.29 is 27.4 Å². The van der Waals surface area contributed by atoms with Crippen molar-refractivity contribution in [3.63, 3.8) is 0 Å². The minimum absolute atomic E-state index is 0.107. The summed E-state index contributed by atoms with van der Waals surface area (Å²) in [6.45, 7) is 10.00. The van der Waals surface area contributed by atoms with E-state index in [1.165, 1.54) is 7.11 Å². The molecule has 0 spiro atoms. The van der Waals surface area contributed by atoms with Crippen LogP contribution in [0.5, 0.6) is 0 Å². The molecule has 2 aromatic rings. The summed E-state index contributed by atoms with van der Waals surface area (Å²) in [6.07, 6.45) is -4.27.